The van der Waals surface area contributed by atoms with E-state index < -0.39 is 5.97 Å². The quantitative estimate of drug-likeness (QED) is 0.923. The highest BCUT2D eigenvalue weighted by molar-refractivity contribution is 5.74. The number of hydrogen-bond donors (Lipinski definition) is 1. The number of likely N-dealkylation sites (tertiary alicyclic amines) is 1. The lowest BCUT2D eigenvalue weighted by atomic mass is 9.90. The van der Waals surface area contributed by atoms with Crippen LogP contribution < -0.4 is 0 Å². The smallest absolute Gasteiger partial charge is 0.307 e. The molecule has 1 saturated heterocycles. The molecule has 0 bridgehead atoms. The maximum absolute atomic E-state index is 13.3. The number of halogens is 1. The fourth-order valence-corrected chi connectivity index (χ4v) is 3.46. The van der Waals surface area contributed by atoms with Gasteiger partial charge in [-0.3, -0.25) is 9.69 Å². The van der Waals surface area contributed by atoms with Crippen LogP contribution in [0.15, 0.2) is 18.2 Å². The van der Waals surface area contributed by atoms with Crippen LogP contribution in [0.3, 0.4) is 0 Å². The topological polar surface area (TPSA) is 40.5 Å². The van der Waals surface area contributed by atoms with Gasteiger partial charge in [0.1, 0.15) is 5.82 Å². The van der Waals surface area contributed by atoms with Gasteiger partial charge in [0, 0.05) is 6.54 Å². The molecule has 4 heteroatoms. The third-order valence-corrected chi connectivity index (χ3v) is 5.04. The molecule has 1 atom stereocenters. The number of aryl methyl sites for hydroxylation is 1. The van der Waals surface area contributed by atoms with Gasteiger partial charge in [0.15, 0.2) is 0 Å². The van der Waals surface area contributed by atoms with E-state index in [4.69, 9.17) is 5.11 Å². The molecule has 20 heavy (non-hydrogen) atoms. The van der Waals surface area contributed by atoms with Crippen molar-refractivity contribution in [3.63, 3.8) is 0 Å². The molecule has 0 aromatic heterocycles. The van der Waals surface area contributed by atoms with Crippen LogP contribution in [-0.4, -0.2) is 29.1 Å². The van der Waals surface area contributed by atoms with E-state index in [1.54, 1.807) is 6.07 Å². The number of hydrogen-bond acceptors (Lipinski definition) is 2. The molecule has 1 aromatic carbocycles. The highest BCUT2D eigenvalue weighted by Gasteiger charge is 2.58. The van der Waals surface area contributed by atoms with Crippen molar-refractivity contribution in [2.75, 3.05) is 13.1 Å². The maximum Gasteiger partial charge on any atom is 0.307 e. The van der Waals surface area contributed by atoms with Crippen LogP contribution in [0.4, 0.5) is 4.39 Å². The summed E-state index contributed by atoms with van der Waals surface area (Å²) in [6.07, 6.45) is 2.76. The van der Waals surface area contributed by atoms with Gasteiger partial charge in [-0.05, 0) is 68.0 Å². The third kappa shape index (κ3) is 2.44. The highest BCUT2D eigenvalue weighted by Crippen LogP contribution is 2.59. The summed E-state index contributed by atoms with van der Waals surface area (Å²) in [7, 11) is 0. The normalized spacial score (nSPS) is 24.8. The number of piperidine rings is 1. The Morgan fingerprint density at radius 1 is 1.45 bits per heavy atom. The van der Waals surface area contributed by atoms with Gasteiger partial charge in [0.25, 0.3) is 0 Å². The van der Waals surface area contributed by atoms with Crippen LogP contribution in [0.1, 0.15) is 30.4 Å². The summed E-state index contributed by atoms with van der Waals surface area (Å²) in [4.78, 5) is 13.3. The molecule has 3 rings (SSSR count). The summed E-state index contributed by atoms with van der Waals surface area (Å²) in [5, 5.41) is 9.08. The van der Waals surface area contributed by atoms with E-state index in [-0.39, 0.29) is 17.2 Å². The van der Waals surface area contributed by atoms with Crippen LogP contribution in [0, 0.1) is 24.1 Å². The predicted octanol–water partition coefficient (Wildman–Crippen LogP) is 2.82. The molecule has 1 saturated carbocycles. The maximum atomic E-state index is 13.3. The van der Waals surface area contributed by atoms with Crippen LogP contribution in [-0.2, 0) is 11.3 Å². The molecule has 0 radical (unpaired) electrons. The van der Waals surface area contributed by atoms with E-state index in [2.05, 4.69) is 4.90 Å². The fraction of sp³-hybridized carbons (Fsp3) is 0.562. The first-order valence-corrected chi connectivity index (χ1v) is 7.20. The number of carbonyl (C=O) groups is 1. The number of carboxylic acid groups (broad SMARTS) is 1. The minimum atomic E-state index is -0.639. The summed E-state index contributed by atoms with van der Waals surface area (Å²) in [5.74, 6) is -0.952. The van der Waals surface area contributed by atoms with Gasteiger partial charge in [-0.25, -0.2) is 4.39 Å². The number of aliphatic carboxylic acids is 1. The first-order valence-electron chi connectivity index (χ1n) is 7.20. The Balaban J connectivity index is 1.59. The second-order valence-electron chi connectivity index (χ2n) is 6.30. The summed E-state index contributed by atoms with van der Waals surface area (Å²) >= 11 is 0. The molecule has 1 aliphatic heterocycles. The van der Waals surface area contributed by atoms with Crippen molar-refractivity contribution < 1.29 is 14.3 Å². The van der Waals surface area contributed by atoms with Crippen molar-refractivity contribution in [1.82, 2.24) is 4.90 Å². The zero-order valence-corrected chi connectivity index (χ0v) is 11.7. The minimum absolute atomic E-state index is 0.0688. The highest BCUT2D eigenvalue weighted by atomic mass is 19.1. The molecule has 108 valence electrons. The van der Waals surface area contributed by atoms with E-state index in [1.165, 1.54) is 6.07 Å². The Hall–Kier alpha value is -1.42. The van der Waals surface area contributed by atoms with Gasteiger partial charge in [-0.1, -0.05) is 6.07 Å². The lowest BCUT2D eigenvalue weighted by molar-refractivity contribution is -0.139. The zero-order chi connectivity index (χ0) is 14.3. The lowest BCUT2D eigenvalue weighted by Gasteiger charge is -2.32. The van der Waals surface area contributed by atoms with Gasteiger partial charge in [-0.2, -0.15) is 0 Å². The second kappa shape index (κ2) is 4.85. The molecule has 3 nitrogen and oxygen atoms in total. The average Bonchev–Trinajstić information content (AvgIpc) is 3.11. The average molecular weight is 277 g/mol. The van der Waals surface area contributed by atoms with Crippen molar-refractivity contribution in [1.29, 1.82) is 0 Å². The Morgan fingerprint density at radius 2 is 2.15 bits per heavy atom. The minimum Gasteiger partial charge on any atom is -0.481 e. The van der Waals surface area contributed by atoms with Crippen molar-refractivity contribution in [3.8, 4) is 0 Å². The molecule has 1 aliphatic carbocycles. The number of rotatable bonds is 3. The predicted molar refractivity (Wildman–Crippen MR) is 73.8 cm³/mol. The Labute approximate surface area is 118 Å². The molecule has 1 spiro atoms. The lowest BCUT2D eigenvalue weighted by Crippen LogP contribution is -2.35. The van der Waals surface area contributed by atoms with Gasteiger partial charge in [0.2, 0.25) is 0 Å². The first kappa shape index (κ1) is 13.6. The van der Waals surface area contributed by atoms with Gasteiger partial charge >= 0.3 is 5.97 Å². The Kier molecular flexibility index (Phi) is 3.28. The van der Waals surface area contributed by atoms with Crippen LogP contribution in [0.25, 0.3) is 0 Å². The fourth-order valence-electron chi connectivity index (χ4n) is 3.46. The van der Waals surface area contributed by atoms with E-state index in [0.29, 0.717) is 0 Å². The van der Waals surface area contributed by atoms with Gasteiger partial charge in [0.05, 0.1) is 5.92 Å². The SMILES string of the molecule is Cc1ccc(F)cc1CN1CCC2(CC1)CC2C(=O)O. The van der Waals surface area contributed by atoms with Crippen molar-refractivity contribution >= 4 is 5.97 Å². The number of benzene rings is 1. The number of carboxylic acids is 1. The van der Waals surface area contributed by atoms with Crippen molar-refractivity contribution in [2.45, 2.75) is 32.7 Å². The first-order chi connectivity index (χ1) is 9.50. The van der Waals surface area contributed by atoms with Gasteiger partial charge < -0.3 is 5.11 Å². The molecule has 0 amide bonds. The molecular weight excluding hydrogens is 257 g/mol. The van der Waals surface area contributed by atoms with E-state index in [9.17, 15) is 9.18 Å². The summed E-state index contributed by atoms with van der Waals surface area (Å²) in [5.41, 5.74) is 2.22. The molecular formula is C16H20FNO2. The monoisotopic (exact) mass is 277 g/mol. The third-order valence-electron chi connectivity index (χ3n) is 5.04. The molecule has 2 fully saturated rings. The molecule has 2 aliphatic rings. The molecule has 1 unspecified atom stereocenters. The van der Waals surface area contributed by atoms with E-state index in [0.717, 1.165) is 50.0 Å². The summed E-state index contributed by atoms with van der Waals surface area (Å²) < 4.78 is 13.3. The van der Waals surface area contributed by atoms with Crippen molar-refractivity contribution in [3.05, 3.63) is 35.1 Å². The van der Waals surface area contributed by atoms with Crippen LogP contribution in [0.2, 0.25) is 0 Å². The molecule has 1 aromatic rings. The zero-order valence-electron chi connectivity index (χ0n) is 11.7. The summed E-state index contributed by atoms with van der Waals surface area (Å²) in [6.45, 7) is 4.60. The van der Waals surface area contributed by atoms with Crippen LogP contribution >= 0.6 is 0 Å². The van der Waals surface area contributed by atoms with E-state index in [1.807, 2.05) is 13.0 Å². The largest absolute Gasteiger partial charge is 0.481 e. The van der Waals surface area contributed by atoms with E-state index >= 15 is 0 Å². The van der Waals surface area contributed by atoms with Crippen molar-refractivity contribution in [2.24, 2.45) is 11.3 Å². The standard InChI is InChI=1S/C16H20FNO2/c1-11-2-3-13(17)8-12(11)10-18-6-4-16(5-7-18)9-14(16)15(19)20/h2-3,8,14H,4-7,9-10H2,1H3,(H,19,20). The summed E-state index contributed by atoms with van der Waals surface area (Å²) in [6, 6.07) is 4.92. The van der Waals surface area contributed by atoms with Crippen LogP contribution in [0.5, 0.6) is 0 Å². The Bertz CT molecular complexity index is 535. The number of nitrogens with zero attached hydrogens (tertiary/aromatic N) is 1. The second-order valence-corrected chi connectivity index (χ2v) is 6.30. The Morgan fingerprint density at radius 3 is 2.75 bits per heavy atom. The molecule has 1 heterocycles. The van der Waals surface area contributed by atoms with Gasteiger partial charge in [-0.15, -0.1) is 0 Å². The molecule has 1 N–H and O–H groups in total.